The Kier molecular flexibility index (Phi) is 7.29. The Labute approximate surface area is 218 Å². The quantitative estimate of drug-likeness (QED) is 0.359. The van der Waals surface area contributed by atoms with Crippen LogP contribution in [0.4, 0.5) is 10.1 Å². The molecule has 1 saturated heterocycles. The third kappa shape index (κ3) is 5.40. The van der Waals surface area contributed by atoms with Crippen LogP contribution < -0.4 is 0 Å². The Bertz CT molecular complexity index is 1300. The lowest BCUT2D eigenvalue weighted by atomic mass is 9.93. The molecule has 0 bridgehead atoms. The first-order chi connectivity index (χ1) is 17.9. The van der Waals surface area contributed by atoms with Crippen LogP contribution in [0.15, 0.2) is 60.0 Å². The number of rotatable bonds is 6. The minimum absolute atomic E-state index is 0.0385. The van der Waals surface area contributed by atoms with Gasteiger partial charge in [-0.25, -0.2) is 4.39 Å². The van der Waals surface area contributed by atoms with Crippen molar-refractivity contribution in [3.63, 3.8) is 0 Å². The maximum Gasteiger partial charge on any atom is 0.269 e. The molecule has 2 aliphatic rings. The fourth-order valence-electron chi connectivity index (χ4n) is 5.14. The molecule has 2 aliphatic heterocycles. The molecule has 10 heteroatoms. The number of thiophene rings is 1. The number of carbonyl (C=O) groups is 2. The predicted molar refractivity (Wildman–Crippen MR) is 138 cm³/mol. The van der Waals surface area contributed by atoms with E-state index in [1.54, 1.807) is 33.3 Å². The molecule has 192 valence electrons. The van der Waals surface area contributed by atoms with Crippen molar-refractivity contribution >= 4 is 28.8 Å². The van der Waals surface area contributed by atoms with Crippen LogP contribution in [-0.2, 0) is 11.2 Å². The van der Waals surface area contributed by atoms with Gasteiger partial charge in [0.25, 0.3) is 11.6 Å². The first-order valence-electron chi connectivity index (χ1n) is 12.3. The molecule has 8 nitrogen and oxygen atoms in total. The molecule has 1 atom stereocenters. The first kappa shape index (κ1) is 25.0. The number of nitrogens with zero attached hydrogens (tertiary/aromatic N) is 4. The molecule has 0 radical (unpaired) electrons. The summed E-state index contributed by atoms with van der Waals surface area (Å²) < 4.78 is 14.0. The van der Waals surface area contributed by atoms with Crippen molar-refractivity contribution in [2.45, 2.75) is 18.9 Å². The SMILES string of the molecule is O=C(CCN1CCc2sccc2C1c1cccc(F)c1)N1CCN(C(=O)c2ccc([N+](=O)[O-])cc2)CC1. The molecular weight excluding hydrogens is 495 g/mol. The van der Waals surface area contributed by atoms with Crippen molar-refractivity contribution in [2.24, 2.45) is 0 Å². The molecule has 5 rings (SSSR count). The van der Waals surface area contributed by atoms with E-state index in [-0.39, 0.29) is 29.4 Å². The van der Waals surface area contributed by atoms with E-state index in [0.717, 1.165) is 18.5 Å². The van der Waals surface area contributed by atoms with Gasteiger partial charge >= 0.3 is 0 Å². The largest absolute Gasteiger partial charge is 0.339 e. The van der Waals surface area contributed by atoms with Crippen LogP contribution in [0.1, 0.15) is 38.8 Å². The number of amides is 2. The van der Waals surface area contributed by atoms with E-state index in [4.69, 9.17) is 0 Å². The summed E-state index contributed by atoms with van der Waals surface area (Å²) in [5, 5.41) is 12.9. The van der Waals surface area contributed by atoms with Crippen LogP contribution >= 0.6 is 11.3 Å². The van der Waals surface area contributed by atoms with Crippen LogP contribution in [0.3, 0.4) is 0 Å². The summed E-state index contributed by atoms with van der Waals surface area (Å²) in [5.74, 6) is -0.423. The van der Waals surface area contributed by atoms with Gasteiger partial charge in [0.15, 0.2) is 0 Å². The molecule has 0 N–H and O–H groups in total. The maximum atomic E-state index is 14.0. The van der Waals surface area contributed by atoms with E-state index in [1.165, 1.54) is 40.8 Å². The number of nitro benzene ring substituents is 1. The second kappa shape index (κ2) is 10.8. The smallest absolute Gasteiger partial charge is 0.269 e. The minimum atomic E-state index is -0.498. The highest BCUT2D eigenvalue weighted by atomic mass is 32.1. The zero-order valence-corrected chi connectivity index (χ0v) is 21.0. The zero-order valence-electron chi connectivity index (χ0n) is 20.2. The Hall–Kier alpha value is -3.63. The van der Waals surface area contributed by atoms with Gasteiger partial charge in [-0.15, -0.1) is 11.3 Å². The summed E-state index contributed by atoms with van der Waals surface area (Å²) in [4.78, 5) is 43.2. The maximum absolute atomic E-state index is 14.0. The molecular formula is C27H27FN4O4S. The average Bonchev–Trinajstić information content (AvgIpc) is 3.40. The van der Waals surface area contributed by atoms with E-state index in [2.05, 4.69) is 16.3 Å². The summed E-state index contributed by atoms with van der Waals surface area (Å²) in [6.45, 7) is 3.08. The molecule has 2 aromatic carbocycles. The van der Waals surface area contributed by atoms with Crippen LogP contribution in [0.2, 0.25) is 0 Å². The third-order valence-corrected chi connectivity index (χ3v) is 8.08. The predicted octanol–water partition coefficient (Wildman–Crippen LogP) is 4.12. The van der Waals surface area contributed by atoms with Gasteiger partial charge in [0, 0.05) is 68.3 Å². The van der Waals surface area contributed by atoms with Crippen molar-refractivity contribution in [1.29, 1.82) is 0 Å². The molecule has 0 spiro atoms. The first-order valence-corrected chi connectivity index (χ1v) is 13.2. The number of carbonyl (C=O) groups excluding carboxylic acids is 2. The van der Waals surface area contributed by atoms with Gasteiger partial charge in [0.1, 0.15) is 5.82 Å². The summed E-state index contributed by atoms with van der Waals surface area (Å²) in [7, 11) is 0. The second-order valence-electron chi connectivity index (χ2n) is 9.27. The van der Waals surface area contributed by atoms with Crippen LogP contribution in [0.25, 0.3) is 0 Å². The fraction of sp³-hybridized carbons (Fsp3) is 0.333. The molecule has 1 aromatic heterocycles. The molecule has 2 amide bonds. The van der Waals surface area contributed by atoms with Gasteiger partial charge in [-0.05, 0) is 53.3 Å². The Morgan fingerprint density at radius 3 is 2.43 bits per heavy atom. The lowest BCUT2D eigenvalue weighted by Gasteiger charge is -2.38. The van der Waals surface area contributed by atoms with Gasteiger partial charge in [0.2, 0.25) is 5.91 Å². The molecule has 37 heavy (non-hydrogen) atoms. The second-order valence-corrected chi connectivity index (χ2v) is 10.3. The van der Waals surface area contributed by atoms with Gasteiger partial charge in [0.05, 0.1) is 11.0 Å². The standard InChI is InChI=1S/C27H27FN4O4S/c28-21-3-1-2-20(18-21)26-23-10-17-37-24(23)8-11-30(26)12-9-25(33)29-13-15-31(16-14-29)27(34)19-4-6-22(7-5-19)32(35)36/h1-7,10,17-18,26H,8-9,11-16H2. The number of piperazine rings is 1. The minimum Gasteiger partial charge on any atom is -0.339 e. The fourth-order valence-corrected chi connectivity index (χ4v) is 6.04. The molecule has 1 unspecified atom stereocenters. The lowest BCUT2D eigenvalue weighted by molar-refractivity contribution is -0.384. The van der Waals surface area contributed by atoms with Crippen molar-refractivity contribution in [3.8, 4) is 0 Å². The van der Waals surface area contributed by atoms with Crippen LogP contribution in [-0.4, -0.2) is 70.7 Å². The van der Waals surface area contributed by atoms with E-state index >= 15 is 0 Å². The van der Waals surface area contributed by atoms with Crippen molar-refractivity contribution < 1.29 is 18.9 Å². The monoisotopic (exact) mass is 522 g/mol. The summed E-state index contributed by atoms with van der Waals surface area (Å²) in [6, 6.07) is 14.3. The number of halogens is 1. The Morgan fingerprint density at radius 1 is 1.00 bits per heavy atom. The van der Waals surface area contributed by atoms with E-state index in [9.17, 15) is 24.1 Å². The Balaban J connectivity index is 1.18. The van der Waals surface area contributed by atoms with E-state index in [1.807, 2.05) is 6.07 Å². The van der Waals surface area contributed by atoms with Crippen LogP contribution in [0.5, 0.6) is 0 Å². The number of fused-ring (bicyclic) bond motifs is 1. The number of hydrogen-bond acceptors (Lipinski definition) is 6. The van der Waals surface area contributed by atoms with Gasteiger partial charge in [-0.2, -0.15) is 0 Å². The van der Waals surface area contributed by atoms with Crippen molar-refractivity contribution in [3.05, 3.63) is 97.5 Å². The molecule has 3 aromatic rings. The number of nitro groups is 1. The lowest BCUT2D eigenvalue weighted by Crippen LogP contribution is -2.51. The highest BCUT2D eigenvalue weighted by Crippen LogP contribution is 2.38. The molecule has 0 aliphatic carbocycles. The zero-order chi connectivity index (χ0) is 25.9. The van der Waals surface area contributed by atoms with E-state index in [0.29, 0.717) is 44.7 Å². The Morgan fingerprint density at radius 2 is 1.73 bits per heavy atom. The topological polar surface area (TPSA) is 87.0 Å². The number of non-ortho nitro benzene ring substituents is 1. The summed E-state index contributed by atoms with van der Waals surface area (Å²) >= 11 is 1.72. The van der Waals surface area contributed by atoms with Gasteiger partial charge < -0.3 is 9.80 Å². The highest BCUT2D eigenvalue weighted by Gasteiger charge is 2.31. The molecule has 1 fully saturated rings. The number of benzene rings is 2. The average molecular weight is 523 g/mol. The van der Waals surface area contributed by atoms with Crippen molar-refractivity contribution in [2.75, 3.05) is 39.3 Å². The normalized spacial score (nSPS) is 17.9. The summed E-state index contributed by atoms with van der Waals surface area (Å²) in [5.41, 5.74) is 2.42. The van der Waals surface area contributed by atoms with Gasteiger partial charge in [-0.3, -0.25) is 24.6 Å². The third-order valence-electron chi connectivity index (χ3n) is 7.09. The van der Waals surface area contributed by atoms with Crippen LogP contribution in [0, 0.1) is 15.9 Å². The molecule has 0 saturated carbocycles. The molecule has 3 heterocycles. The highest BCUT2D eigenvalue weighted by molar-refractivity contribution is 7.10. The van der Waals surface area contributed by atoms with Crippen molar-refractivity contribution in [1.82, 2.24) is 14.7 Å². The number of hydrogen-bond donors (Lipinski definition) is 0. The van der Waals surface area contributed by atoms with Gasteiger partial charge in [-0.1, -0.05) is 12.1 Å². The van der Waals surface area contributed by atoms with E-state index < -0.39 is 4.92 Å². The summed E-state index contributed by atoms with van der Waals surface area (Å²) in [6.07, 6.45) is 1.26.